The molecule has 4 rings (SSSR count). The quantitative estimate of drug-likeness (QED) is 0.654. The highest BCUT2D eigenvalue weighted by atomic mass is 32.2. The minimum atomic E-state index is -3.52. The molecule has 0 spiro atoms. The largest absolute Gasteiger partial charge is 0.351 e. The maximum Gasteiger partial charge on any atom is 0.351 e. The Hall–Kier alpha value is -2.49. The molecule has 0 amide bonds. The van der Waals surface area contributed by atoms with E-state index in [9.17, 15) is 13.2 Å². The van der Waals surface area contributed by atoms with E-state index in [4.69, 9.17) is 0 Å². The first-order chi connectivity index (χ1) is 13.4. The van der Waals surface area contributed by atoms with Crippen LogP contribution in [0.2, 0.25) is 0 Å². The van der Waals surface area contributed by atoms with Crippen LogP contribution in [0.1, 0.15) is 11.1 Å². The van der Waals surface area contributed by atoms with Crippen molar-refractivity contribution in [2.24, 2.45) is 0 Å². The summed E-state index contributed by atoms with van der Waals surface area (Å²) >= 11 is 0. The van der Waals surface area contributed by atoms with Crippen LogP contribution in [0.25, 0.3) is 5.65 Å². The van der Waals surface area contributed by atoms with E-state index < -0.39 is 10.0 Å². The van der Waals surface area contributed by atoms with Crippen LogP contribution in [0.4, 0.5) is 0 Å². The second-order valence-electron chi connectivity index (χ2n) is 7.14. The molecule has 1 aliphatic heterocycles. The summed E-state index contributed by atoms with van der Waals surface area (Å²) in [6.45, 7) is 5.98. The zero-order valence-corrected chi connectivity index (χ0v) is 16.8. The molecule has 2 aromatic heterocycles. The lowest BCUT2D eigenvalue weighted by Crippen LogP contribution is -2.49. The SMILES string of the molecule is Cc1ccc(S(=O)(=O)N2CCN(Cn3nc4ccccn4c3=O)CC2)c(C)c1. The van der Waals surface area contributed by atoms with Gasteiger partial charge in [-0.15, -0.1) is 5.10 Å². The summed E-state index contributed by atoms with van der Waals surface area (Å²) < 4.78 is 30.4. The van der Waals surface area contributed by atoms with Crippen molar-refractivity contribution in [2.45, 2.75) is 25.4 Å². The summed E-state index contributed by atoms with van der Waals surface area (Å²) in [6, 6.07) is 10.8. The average molecular weight is 401 g/mol. The first kappa shape index (κ1) is 18.9. The monoisotopic (exact) mass is 401 g/mol. The van der Waals surface area contributed by atoms with Crippen molar-refractivity contribution in [3.63, 3.8) is 0 Å². The van der Waals surface area contributed by atoms with Gasteiger partial charge < -0.3 is 0 Å². The lowest BCUT2D eigenvalue weighted by Gasteiger charge is -2.33. The van der Waals surface area contributed by atoms with E-state index >= 15 is 0 Å². The number of aryl methyl sites for hydroxylation is 2. The molecular formula is C19H23N5O3S. The zero-order chi connectivity index (χ0) is 19.9. The number of aromatic nitrogens is 3. The third-order valence-electron chi connectivity index (χ3n) is 5.10. The number of benzene rings is 1. The van der Waals surface area contributed by atoms with Gasteiger partial charge >= 0.3 is 5.69 Å². The Kier molecular flexibility index (Phi) is 4.82. The van der Waals surface area contributed by atoms with E-state index in [2.05, 4.69) is 5.10 Å². The molecule has 0 aliphatic carbocycles. The molecule has 9 heteroatoms. The minimum Gasteiger partial charge on any atom is -0.282 e. The predicted molar refractivity (Wildman–Crippen MR) is 106 cm³/mol. The molecule has 28 heavy (non-hydrogen) atoms. The highest BCUT2D eigenvalue weighted by Crippen LogP contribution is 2.22. The summed E-state index contributed by atoms with van der Waals surface area (Å²) in [4.78, 5) is 14.8. The van der Waals surface area contributed by atoms with Gasteiger partial charge in [0, 0.05) is 32.4 Å². The van der Waals surface area contributed by atoms with Crippen LogP contribution >= 0.6 is 0 Å². The zero-order valence-electron chi connectivity index (χ0n) is 15.9. The Labute approximate surface area is 163 Å². The molecule has 1 saturated heterocycles. The number of sulfonamides is 1. The molecule has 1 fully saturated rings. The molecule has 1 aromatic carbocycles. The Morgan fingerprint density at radius 2 is 1.79 bits per heavy atom. The number of pyridine rings is 1. The summed E-state index contributed by atoms with van der Waals surface area (Å²) in [5, 5.41) is 4.34. The molecular weight excluding hydrogens is 378 g/mol. The van der Waals surface area contributed by atoms with Crippen LogP contribution in [0, 0.1) is 13.8 Å². The number of rotatable bonds is 4. The van der Waals surface area contributed by atoms with Crippen molar-refractivity contribution in [3.8, 4) is 0 Å². The van der Waals surface area contributed by atoms with Crippen LogP contribution in [0.5, 0.6) is 0 Å². The fourth-order valence-electron chi connectivity index (χ4n) is 3.59. The van der Waals surface area contributed by atoms with Gasteiger partial charge in [-0.25, -0.2) is 13.2 Å². The standard InChI is InChI=1S/C19H23N5O3S/c1-15-6-7-17(16(2)13-15)28(26,27)22-11-9-21(10-12-22)14-24-19(25)23-8-4-3-5-18(23)20-24/h3-8,13H,9-12,14H2,1-2H3. The van der Waals surface area contributed by atoms with Crippen molar-refractivity contribution in [1.29, 1.82) is 0 Å². The topological polar surface area (TPSA) is 79.9 Å². The third kappa shape index (κ3) is 3.36. The summed E-state index contributed by atoms with van der Waals surface area (Å²) in [7, 11) is -3.52. The van der Waals surface area contributed by atoms with Crippen LogP contribution in [-0.2, 0) is 16.7 Å². The Balaban J connectivity index is 1.47. The molecule has 0 radical (unpaired) electrons. The number of hydrogen-bond acceptors (Lipinski definition) is 5. The maximum absolute atomic E-state index is 13.0. The van der Waals surface area contributed by atoms with Gasteiger partial charge in [-0.05, 0) is 37.6 Å². The lowest BCUT2D eigenvalue weighted by molar-refractivity contribution is 0.144. The highest BCUT2D eigenvalue weighted by molar-refractivity contribution is 7.89. The van der Waals surface area contributed by atoms with E-state index in [-0.39, 0.29) is 5.69 Å². The van der Waals surface area contributed by atoms with E-state index in [1.807, 2.05) is 36.9 Å². The van der Waals surface area contributed by atoms with Crippen LogP contribution < -0.4 is 5.69 Å². The van der Waals surface area contributed by atoms with Crippen molar-refractivity contribution < 1.29 is 8.42 Å². The molecule has 148 valence electrons. The average Bonchev–Trinajstić information content (AvgIpc) is 2.98. The summed E-state index contributed by atoms with van der Waals surface area (Å²) in [5.74, 6) is 0. The number of piperazine rings is 1. The van der Waals surface area contributed by atoms with Gasteiger partial charge in [0.1, 0.15) is 0 Å². The Morgan fingerprint density at radius 3 is 2.46 bits per heavy atom. The van der Waals surface area contributed by atoms with Crippen molar-refractivity contribution in [1.82, 2.24) is 23.4 Å². The first-order valence-corrected chi connectivity index (χ1v) is 10.6. The minimum absolute atomic E-state index is 0.194. The molecule has 1 aliphatic rings. The molecule has 8 nitrogen and oxygen atoms in total. The number of hydrogen-bond donors (Lipinski definition) is 0. The van der Waals surface area contributed by atoms with Crippen molar-refractivity contribution in [3.05, 3.63) is 64.2 Å². The predicted octanol–water partition coefficient (Wildman–Crippen LogP) is 1.08. The maximum atomic E-state index is 13.0. The van der Waals surface area contributed by atoms with Gasteiger partial charge in [0.2, 0.25) is 10.0 Å². The lowest BCUT2D eigenvalue weighted by atomic mass is 10.2. The molecule has 0 atom stereocenters. The van der Waals surface area contributed by atoms with Crippen molar-refractivity contribution in [2.75, 3.05) is 26.2 Å². The molecule has 0 saturated carbocycles. The van der Waals surface area contributed by atoms with E-state index in [0.29, 0.717) is 43.4 Å². The fraction of sp³-hybridized carbons (Fsp3) is 0.368. The van der Waals surface area contributed by atoms with Crippen LogP contribution in [0.3, 0.4) is 0 Å². The van der Waals surface area contributed by atoms with E-state index in [1.165, 1.54) is 13.4 Å². The van der Waals surface area contributed by atoms with E-state index in [0.717, 1.165) is 11.1 Å². The summed E-state index contributed by atoms with van der Waals surface area (Å²) in [5.41, 5.74) is 2.21. The number of fused-ring (bicyclic) bond motifs is 1. The second kappa shape index (κ2) is 7.16. The van der Waals surface area contributed by atoms with Crippen molar-refractivity contribution >= 4 is 15.7 Å². The van der Waals surface area contributed by atoms with Gasteiger partial charge in [-0.1, -0.05) is 23.8 Å². The molecule has 0 unspecified atom stereocenters. The van der Waals surface area contributed by atoms with Gasteiger partial charge in [0.15, 0.2) is 5.65 Å². The van der Waals surface area contributed by atoms with Gasteiger partial charge in [-0.3, -0.25) is 9.30 Å². The van der Waals surface area contributed by atoms with E-state index in [1.54, 1.807) is 24.4 Å². The molecule has 0 bridgehead atoms. The number of nitrogens with zero attached hydrogens (tertiary/aromatic N) is 5. The smallest absolute Gasteiger partial charge is 0.282 e. The van der Waals surface area contributed by atoms with Crippen LogP contribution in [-0.4, -0.2) is 58.0 Å². The molecule has 0 N–H and O–H groups in total. The Morgan fingerprint density at radius 1 is 1.04 bits per heavy atom. The first-order valence-electron chi connectivity index (χ1n) is 9.20. The highest BCUT2D eigenvalue weighted by Gasteiger charge is 2.29. The normalized spacial score (nSPS) is 16.6. The summed E-state index contributed by atoms with van der Waals surface area (Å²) in [6.07, 6.45) is 1.69. The van der Waals surface area contributed by atoms with Gasteiger partial charge in [0.25, 0.3) is 0 Å². The van der Waals surface area contributed by atoms with Gasteiger partial charge in [-0.2, -0.15) is 8.99 Å². The molecule has 3 heterocycles. The Bertz CT molecular complexity index is 1170. The third-order valence-corrected chi connectivity index (χ3v) is 7.16. The molecule has 3 aromatic rings. The van der Waals surface area contributed by atoms with Gasteiger partial charge in [0.05, 0.1) is 11.6 Å². The second-order valence-corrected chi connectivity index (χ2v) is 9.05. The van der Waals surface area contributed by atoms with Crippen LogP contribution in [0.15, 0.2) is 52.3 Å². The fourth-order valence-corrected chi connectivity index (χ4v) is 5.22.